The predicted octanol–water partition coefficient (Wildman–Crippen LogP) is 1.87. The minimum atomic E-state index is 0.0236. The third-order valence-electron chi connectivity index (χ3n) is 5.21. The van der Waals surface area contributed by atoms with Gasteiger partial charge in [-0.2, -0.15) is 0 Å². The van der Waals surface area contributed by atoms with Crippen molar-refractivity contribution < 1.29 is 14.3 Å². The molecule has 0 saturated carbocycles. The van der Waals surface area contributed by atoms with Crippen molar-refractivity contribution in [2.24, 2.45) is 4.99 Å². The van der Waals surface area contributed by atoms with E-state index in [-0.39, 0.29) is 18.6 Å². The largest absolute Gasteiger partial charge is 0.376 e. The van der Waals surface area contributed by atoms with Crippen LogP contribution in [0.25, 0.3) is 0 Å². The minimum Gasteiger partial charge on any atom is -0.376 e. The van der Waals surface area contributed by atoms with Crippen LogP contribution in [0.1, 0.15) is 51.9 Å². The van der Waals surface area contributed by atoms with E-state index in [1.807, 2.05) is 0 Å². The summed E-state index contributed by atoms with van der Waals surface area (Å²) < 4.78 is 11.9. The maximum Gasteiger partial charge on any atom is 0.243 e. The molecule has 2 aliphatic heterocycles. The number of likely N-dealkylation sites (N-methyl/N-ethyl adjacent to an activating group) is 1. The normalized spacial score (nSPS) is 22.0. The molecule has 0 radical (unpaired) electrons. The van der Waals surface area contributed by atoms with Crippen LogP contribution in [-0.2, 0) is 14.3 Å². The number of guanidine groups is 1. The van der Waals surface area contributed by atoms with Crippen LogP contribution >= 0.6 is 0 Å². The second-order valence-electron chi connectivity index (χ2n) is 7.72. The van der Waals surface area contributed by atoms with Gasteiger partial charge in [0.15, 0.2) is 5.96 Å². The Kier molecular flexibility index (Phi) is 9.91. The highest BCUT2D eigenvalue weighted by Gasteiger charge is 2.24. The van der Waals surface area contributed by atoms with Gasteiger partial charge in [-0.15, -0.1) is 0 Å². The number of hydrogen-bond donors (Lipinski definition) is 1. The summed E-state index contributed by atoms with van der Waals surface area (Å²) in [5, 5.41) is 3.43. The lowest BCUT2D eigenvalue weighted by Gasteiger charge is -2.35. The number of rotatable bonds is 8. The standard InChI is InChI=1S/C20H38N4O3/c1-4-5-11-21-20(22-15-19(25)23(2)3)24-12-9-17(10-13-24)27-16-18-8-6-7-14-26-18/h17-18H,4-16H2,1-3H3,(H,21,22). The first-order valence-electron chi connectivity index (χ1n) is 10.6. The summed E-state index contributed by atoms with van der Waals surface area (Å²) in [5.74, 6) is 0.878. The van der Waals surface area contributed by atoms with Crippen LogP contribution in [0.4, 0.5) is 0 Å². The molecule has 0 aromatic rings. The zero-order chi connectivity index (χ0) is 19.5. The second-order valence-corrected chi connectivity index (χ2v) is 7.72. The highest BCUT2D eigenvalue weighted by atomic mass is 16.5. The number of amides is 1. The van der Waals surface area contributed by atoms with Crippen molar-refractivity contribution in [1.82, 2.24) is 15.1 Å². The van der Waals surface area contributed by atoms with Gasteiger partial charge >= 0.3 is 0 Å². The first-order valence-corrected chi connectivity index (χ1v) is 10.6. The van der Waals surface area contributed by atoms with Crippen molar-refractivity contribution in [3.05, 3.63) is 0 Å². The minimum absolute atomic E-state index is 0.0236. The Labute approximate surface area is 164 Å². The molecule has 2 aliphatic rings. The lowest BCUT2D eigenvalue weighted by atomic mass is 10.1. The molecular formula is C20H38N4O3. The molecule has 1 N–H and O–H groups in total. The maximum atomic E-state index is 11.9. The van der Waals surface area contributed by atoms with E-state index in [4.69, 9.17) is 9.47 Å². The summed E-state index contributed by atoms with van der Waals surface area (Å²) in [6.07, 6.45) is 8.34. The number of aliphatic imine (C=N–C) groups is 1. The summed E-state index contributed by atoms with van der Waals surface area (Å²) in [5.41, 5.74) is 0. The third kappa shape index (κ3) is 8.05. The molecule has 0 aromatic carbocycles. The molecule has 2 fully saturated rings. The number of nitrogens with zero attached hydrogens (tertiary/aromatic N) is 3. The van der Waals surface area contributed by atoms with Gasteiger partial charge in [0.2, 0.25) is 5.91 Å². The Morgan fingerprint density at radius 3 is 2.67 bits per heavy atom. The van der Waals surface area contributed by atoms with E-state index in [1.165, 1.54) is 12.8 Å². The van der Waals surface area contributed by atoms with E-state index in [9.17, 15) is 4.79 Å². The van der Waals surface area contributed by atoms with Gasteiger partial charge in [-0.1, -0.05) is 13.3 Å². The van der Waals surface area contributed by atoms with Crippen LogP contribution in [0.3, 0.4) is 0 Å². The number of carbonyl (C=O) groups excluding carboxylic acids is 1. The van der Waals surface area contributed by atoms with Crippen molar-refractivity contribution in [3.8, 4) is 0 Å². The molecule has 0 aromatic heterocycles. The molecule has 27 heavy (non-hydrogen) atoms. The van der Waals surface area contributed by atoms with Gasteiger partial charge in [-0.3, -0.25) is 4.79 Å². The summed E-state index contributed by atoms with van der Waals surface area (Å²) in [4.78, 5) is 20.3. The highest BCUT2D eigenvalue weighted by Crippen LogP contribution is 2.18. The number of carbonyl (C=O) groups is 1. The number of likely N-dealkylation sites (tertiary alicyclic amines) is 1. The van der Waals surface area contributed by atoms with Crippen LogP contribution < -0.4 is 5.32 Å². The van der Waals surface area contributed by atoms with Crippen LogP contribution in [0.5, 0.6) is 0 Å². The van der Waals surface area contributed by atoms with Crippen molar-refractivity contribution in [2.75, 3.05) is 53.5 Å². The maximum absolute atomic E-state index is 11.9. The smallest absolute Gasteiger partial charge is 0.243 e. The molecule has 2 rings (SSSR count). The molecular weight excluding hydrogens is 344 g/mol. The van der Waals surface area contributed by atoms with Crippen LogP contribution in [-0.4, -0.2) is 87.4 Å². The Balaban J connectivity index is 1.78. The predicted molar refractivity (Wildman–Crippen MR) is 108 cm³/mol. The van der Waals surface area contributed by atoms with E-state index in [1.54, 1.807) is 19.0 Å². The van der Waals surface area contributed by atoms with Gasteiger partial charge in [0.1, 0.15) is 6.54 Å². The van der Waals surface area contributed by atoms with Crippen LogP contribution in [0, 0.1) is 0 Å². The number of ether oxygens (including phenoxy) is 2. The van der Waals surface area contributed by atoms with Gasteiger partial charge in [-0.25, -0.2) is 4.99 Å². The topological polar surface area (TPSA) is 66.4 Å². The molecule has 0 spiro atoms. The van der Waals surface area contributed by atoms with E-state index in [0.717, 1.165) is 70.9 Å². The Morgan fingerprint density at radius 2 is 2.04 bits per heavy atom. The first kappa shape index (κ1) is 22.0. The molecule has 0 bridgehead atoms. The van der Waals surface area contributed by atoms with Crippen molar-refractivity contribution in [1.29, 1.82) is 0 Å². The zero-order valence-corrected chi connectivity index (χ0v) is 17.4. The molecule has 2 saturated heterocycles. The molecule has 7 nitrogen and oxygen atoms in total. The summed E-state index contributed by atoms with van der Waals surface area (Å²) in [7, 11) is 3.53. The highest BCUT2D eigenvalue weighted by molar-refractivity contribution is 5.84. The Hall–Kier alpha value is -1.34. The fourth-order valence-electron chi connectivity index (χ4n) is 3.35. The van der Waals surface area contributed by atoms with E-state index < -0.39 is 0 Å². The number of nitrogens with one attached hydrogen (secondary N) is 1. The zero-order valence-electron chi connectivity index (χ0n) is 17.4. The lowest BCUT2D eigenvalue weighted by molar-refractivity contribution is -0.127. The molecule has 1 atom stereocenters. The summed E-state index contributed by atoms with van der Waals surface area (Å²) in [6, 6.07) is 0. The number of piperidine rings is 1. The monoisotopic (exact) mass is 382 g/mol. The van der Waals surface area contributed by atoms with Gasteiger partial charge in [0.25, 0.3) is 0 Å². The average Bonchev–Trinajstić information content (AvgIpc) is 2.70. The molecule has 1 unspecified atom stereocenters. The number of hydrogen-bond acceptors (Lipinski definition) is 4. The lowest BCUT2D eigenvalue weighted by Crippen LogP contribution is -2.48. The van der Waals surface area contributed by atoms with E-state index >= 15 is 0 Å². The van der Waals surface area contributed by atoms with Gasteiger partial charge in [-0.05, 0) is 38.5 Å². The third-order valence-corrected chi connectivity index (χ3v) is 5.21. The molecule has 0 aliphatic carbocycles. The Bertz CT molecular complexity index is 456. The quantitative estimate of drug-likeness (QED) is 0.394. The fourth-order valence-corrected chi connectivity index (χ4v) is 3.35. The summed E-state index contributed by atoms with van der Waals surface area (Å²) in [6.45, 7) is 6.67. The SMILES string of the molecule is CCCCNC(=NCC(=O)N(C)C)N1CCC(OCC2CCCCO2)CC1. The van der Waals surface area contributed by atoms with Gasteiger partial charge in [0, 0.05) is 40.3 Å². The fraction of sp³-hybridized carbons (Fsp3) is 0.900. The average molecular weight is 383 g/mol. The second kappa shape index (κ2) is 12.2. The molecule has 2 heterocycles. The van der Waals surface area contributed by atoms with Gasteiger partial charge in [0.05, 0.1) is 18.8 Å². The van der Waals surface area contributed by atoms with Gasteiger partial charge < -0.3 is 24.6 Å². The first-order chi connectivity index (χ1) is 13.1. The molecule has 7 heteroatoms. The number of unbranched alkanes of at least 4 members (excludes halogenated alkanes) is 1. The molecule has 1 amide bonds. The van der Waals surface area contributed by atoms with Crippen LogP contribution in [0.2, 0.25) is 0 Å². The molecule has 156 valence electrons. The van der Waals surface area contributed by atoms with E-state index in [2.05, 4.69) is 22.1 Å². The Morgan fingerprint density at radius 1 is 1.26 bits per heavy atom. The van der Waals surface area contributed by atoms with E-state index in [0.29, 0.717) is 6.10 Å². The van der Waals surface area contributed by atoms with Crippen molar-refractivity contribution in [3.63, 3.8) is 0 Å². The van der Waals surface area contributed by atoms with Crippen molar-refractivity contribution in [2.45, 2.75) is 64.1 Å². The summed E-state index contributed by atoms with van der Waals surface area (Å²) >= 11 is 0. The van der Waals surface area contributed by atoms with Crippen molar-refractivity contribution >= 4 is 11.9 Å². The van der Waals surface area contributed by atoms with Crippen LogP contribution in [0.15, 0.2) is 4.99 Å².